The fourth-order valence-corrected chi connectivity index (χ4v) is 2.14. The molecular weight excluding hydrogens is 240 g/mol. The summed E-state index contributed by atoms with van der Waals surface area (Å²) >= 11 is 0. The highest BCUT2D eigenvalue weighted by Gasteiger charge is 2.40. The molecule has 1 aromatic rings. The molecule has 0 saturated carbocycles. The van der Waals surface area contributed by atoms with Crippen molar-refractivity contribution in [1.29, 1.82) is 0 Å². The summed E-state index contributed by atoms with van der Waals surface area (Å²) in [7, 11) is 0. The third kappa shape index (κ3) is 2.91. The molecule has 1 aromatic heterocycles. The Morgan fingerprint density at radius 2 is 1.63 bits per heavy atom. The standard InChI is InChI=1S/C14H26N4O/c1-13(2,14(3,4)15)11-16-12(17-19-11)18-9-7-5-6-8-10-18/h5-10,15H2,1-4H3. The molecule has 0 aliphatic carbocycles. The fourth-order valence-electron chi connectivity index (χ4n) is 2.14. The molecule has 1 aliphatic rings. The monoisotopic (exact) mass is 266 g/mol. The van der Waals surface area contributed by atoms with Crippen molar-refractivity contribution in [1.82, 2.24) is 10.1 Å². The van der Waals surface area contributed by atoms with Gasteiger partial charge in [0.2, 0.25) is 5.89 Å². The van der Waals surface area contributed by atoms with Crippen molar-refractivity contribution in [2.24, 2.45) is 5.73 Å². The largest absolute Gasteiger partial charge is 0.338 e. The molecule has 0 bridgehead atoms. The van der Waals surface area contributed by atoms with Crippen LogP contribution in [0.2, 0.25) is 0 Å². The van der Waals surface area contributed by atoms with Crippen LogP contribution in [-0.2, 0) is 5.41 Å². The molecule has 0 amide bonds. The Bertz CT molecular complexity index is 411. The van der Waals surface area contributed by atoms with Crippen molar-refractivity contribution in [3.8, 4) is 0 Å². The first-order valence-electron chi connectivity index (χ1n) is 7.20. The van der Waals surface area contributed by atoms with Gasteiger partial charge in [0.05, 0.1) is 5.41 Å². The van der Waals surface area contributed by atoms with Gasteiger partial charge in [-0.2, -0.15) is 4.98 Å². The van der Waals surface area contributed by atoms with Gasteiger partial charge in [0, 0.05) is 18.6 Å². The molecule has 2 N–H and O–H groups in total. The molecule has 2 rings (SSSR count). The molecular formula is C14H26N4O. The highest BCUT2D eigenvalue weighted by Crippen LogP contribution is 2.32. The third-order valence-electron chi connectivity index (χ3n) is 4.45. The average Bonchev–Trinajstić information content (AvgIpc) is 2.65. The summed E-state index contributed by atoms with van der Waals surface area (Å²) in [6.07, 6.45) is 5.00. The van der Waals surface area contributed by atoms with E-state index in [0.717, 1.165) is 13.1 Å². The molecule has 108 valence electrons. The third-order valence-corrected chi connectivity index (χ3v) is 4.45. The molecule has 0 spiro atoms. The summed E-state index contributed by atoms with van der Waals surface area (Å²) in [6.45, 7) is 10.1. The zero-order valence-electron chi connectivity index (χ0n) is 12.6. The minimum atomic E-state index is -0.407. The predicted octanol–water partition coefficient (Wildman–Crippen LogP) is 2.46. The van der Waals surface area contributed by atoms with Crippen LogP contribution in [0.25, 0.3) is 0 Å². The summed E-state index contributed by atoms with van der Waals surface area (Å²) in [6, 6.07) is 0. The molecule has 1 saturated heterocycles. The van der Waals surface area contributed by atoms with Crippen molar-refractivity contribution in [3.05, 3.63) is 5.89 Å². The second-order valence-corrected chi connectivity index (χ2v) is 6.65. The Balaban J connectivity index is 2.18. The van der Waals surface area contributed by atoms with E-state index in [-0.39, 0.29) is 5.41 Å². The Labute approximate surface area is 115 Å². The van der Waals surface area contributed by atoms with Crippen molar-refractivity contribution in [3.63, 3.8) is 0 Å². The van der Waals surface area contributed by atoms with E-state index in [2.05, 4.69) is 15.0 Å². The quantitative estimate of drug-likeness (QED) is 0.910. The average molecular weight is 266 g/mol. The number of anilines is 1. The van der Waals surface area contributed by atoms with E-state index in [1.54, 1.807) is 0 Å². The van der Waals surface area contributed by atoms with Crippen LogP contribution in [0.4, 0.5) is 5.95 Å². The summed E-state index contributed by atoms with van der Waals surface area (Å²) in [5.74, 6) is 1.34. The predicted molar refractivity (Wildman–Crippen MR) is 76.3 cm³/mol. The smallest absolute Gasteiger partial charge is 0.266 e. The number of hydrogen-bond acceptors (Lipinski definition) is 5. The summed E-state index contributed by atoms with van der Waals surface area (Å²) in [5, 5.41) is 4.15. The first-order valence-corrected chi connectivity index (χ1v) is 7.20. The molecule has 1 aliphatic heterocycles. The van der Waals surface area contributed by atoms with E-state index < -0.39 is 5.54 Å². The number of aromatic nitrogens is 2. The van der Waals surface area contributed by atoms with E-state index in [4.69, 9.17) is 10.3 Å². The molecule has 5 nitrogen and oxygen atoms in total. The Kier molecular flexibility index (Phi) is 3.85. The van der Waals surface area contributed by atoms with Gasteiger partial charge < -0.3 is 15.2 Å². The number of rotatable bonds is 3. The maximum absolute atomic E-state index is 6.22. The lowest BCUT2D eigenvalue weighted by Crippen LogP contribution is -2.50. The lowest BCUT2D eigenvalue weighted by Gasteiger charge is -2.34. The topological polar surface area (TPSA) is 68.2 Å². The van der Waals surface area contributed by atoms with Crippen LogP contribution >= 0.6 is 0 Å². The minimum absolute atomic E-state index is 0.343. The van der Waals surface area contributed by atoms with Gasteiger partial charge in [-0.25, -0.2) is 0 Å². The zero-order chi connectivity index (χ0) is 14.1. The van der Waals surface area contributed by atoms with Gasteiger partial charge in [0.1, 0.15) is 0 Å². The second-order valence-electron chi connectivity index (χ2n) is 6.65. The molecule has 19 heavy (non-hydrogen) atoms. The van der Waals surface area contributed by atoms with E-state index in [1.165, 1.54) is 25.7 Å². The number of hydrogen-bond donors (Lipinski definition) is 1. The minimum Gasteiger partial charge on any atom is -0.338 e. The van der Waals surface area contributed by atoms with Gasteiger partial charge in [-0.3, -0.25) is 0 Å². The van der Waals surface area contributed by atoms with Crippen LogP contribution < -0.4 is 10.6 Å². The lowest BCUT2D eigenvalue weighted by atomic mass is 9.75. The molecule has 2 heterocycles. The molecule has 0 atom stereocenters. The van der Waals surface area contributed by atoms with Gasteiger partial charge in [0.15, 0.2) is 0 Å². The maximum Gasteiger partial charge on any atom is 0.266 e. The number of nitrogens with zero attached hydrogens (tertiary/aromatic N) is 3. The zero-order valence-corrected chi connectivity index (χ0v) is 12.6. The van der Waals surface area contributed by atoms with Crippen molar-refractivity contribution in [2.45, 2.75) is 64.3 Å². The highest BCUT2D eigenvalue weighted by atomic mass is 16.5. The Morgan fingerprint density at radius 1 is 1.05 bits per heavy atom. The summed E-state index contributed by atoms with van der Waals surface area (Å²) in [5.41, 5.74) is 5.47. The van der Waals surface area contributed by atoms with E-state index in [0.29, 0.717) is 11.8 Å². The normalized spacial score (nSPS) is 18.5. The van der Waals surface area contributed by atoms with Crippen molar-refractivity contribution < 1.29 is 4.52 Å². The van der Waals surface area contributed by atoms with E-state index >= 15 is 0 Å². The van der Waals surface area contributed by atoms with E-state index in [1.807, 2.05) is 27.7 Å². The molecule has 5 heteroatoms. The maximum atomic E-state index is 6.22. The lowest BCUT2D eigenvalue weighted by molar-refractivity contribution is 0.223. The van der Waals surface area contributed by atoms with Crippen LogP contribution in [0.5, 0.6) is 0 Å². The van der Waals surface area contributed by atoms with Crippen LogP contribution in [0.3, 0.4) is 0 Å². The van der Waals surface area contributed by atoms with Gasteiger partial charge in [-0.1, -0.05) is 12.8 Å². The van der Waals surface area contributed by atoms with Gasteiger partial charge in [-0.05, 0) is 45.7 Å². The number of nitrogens with two attached hydrogens (primary N) is 1. The van der Waals surface area contributed by atoms with Crippen LogP contribution in [0, 0.1) is 0 Å². The first-order chi connectivity index (χ1) is 8.82. The fraction of sp³-hybridized carbons (Fsp3) is 0.857. The molecule has 0 radical (unpaired) electrons. The van der Waals surface area contributed by atoms with Crippen LogP contribution in [0.1, 0.15) is 59.3 Å². The first kappa shape index (κ1) is 14.3. The van der Waals surface area contributed by atoms with Crippen LogP contribution in [0.15, 0.2) is 4.52 Å². The van der Waals surface area contributed by atoms with Crippen molar-refractivity contribution >= 4 is 5.95 Å². The van der Waals surface area contributed by atoms with Crippen molar-refractivity contribution in [2.75, 3.05) is 18.0 Å². The van der Waals surface area contributed by atoms with Gasteiger partial charge in [0.25, 0.3) is 5.95 Å². The molecule has 0 aromatic carbocycles. The second kappa shape index (κ2) is 5.12. The molecule has 1 fully saturated rings. The summed E-state index contributed by atoms with van der Waals surface area (Å²) in [4.78, 5) is 6.80. The summed E-state index contributed by atoms with van der Waals surface area (Å²) < 4.78 is 5.47. The molecule has 0 unspecified atom stereocenters. The SMILES string of the molecule is CC(C)(N)C(C)(C)c1nc(N2CCCCCC2)no1. The van der Waals surface area contributed by atoms with Crippen LogP contribution in [-0.4, -0.2) is 28.8 Å². The Morgan fingerprint density at radius 3 is 2.16 bits per heavy atom. The van der Waals surface area contributed by atoms with Gasteiger partial charge >= 0.3 is 0 Å². The Hall–Kier alpha value is -1.10. The highest BCUT2D eigenvalue weighted by molar-refractivity contribution is 5.29. The van der Waals surface area contributed by atoms with E-state index in [9.17, 15) is 0 Å². The van der Waals surface area contributed by atoms with Gasteiger partial charge in [-0.15, -0.1) is 0 Å².